The Balaban J connectivity index is 2.02. The summed E-state index contributed by atoms with van der Waals surface area (Å²) in [6, 6.07) is 5.63. The normalized spacial score (nSPS) is 11.7. The molecule has 0 atom stereocenters. The molecule has 0 aliphatic carbocycles. The van der Waals surface area contributed by atoms with Crippen molar-refractivity contribution in [2.24, 2.45) is 5.41 Å². The standard InChI is InChI=1S/C20H28N2O3/c1-5-25-19(24)18-16(21-22-13-9-8-12-17(18)22)11-7-6-10-15(23)14-20(2,3)4/h8-9,12-13H,5-7,10-11,14H2,1-4H3. The van der Waals surface area contributed by atoms with Crippen LogP contribution in [0.2, 0.25) is 0 Å². The molecule has 0 saturated heterocycles. The summed E-state index contributed by atoms with van der Waals surface area (Å²) in [5, 5.41) is 4.52. The third-order valence-electron chi connectivity index (χ3n) is 3.94. The average molecular weight is 344 g/mol. The summed E-state index contributed by atoms with van der Waals surface area (Å²) in [4.78, 5) is 24.3. The number of hydrogen-bond donors (Lipinski definition) is 0. The molecule has 5 heteroatoms. The van der Waals surface area contributed by atoms with E-state index in [9.17, 15) is 9.59 Å². The number of fused-ring (bicyclic) bond motifs is 1. The van der Waals surface area contributed by atoms with E-state index in [1.54, 1.807) is 11.4 Å². The molecule has 0 aliphatic rings. The second kappa shape index (κ2) is 8.28. The predicted molar refractivity (Wildman–Crippen MR) is 97.8 cm³/mol. The van der Waals surface area contributed by atoms with Crippen molar-refractivity contribution in [1.29, 1.82) is 0 Å². The Morgan fingerprint density at radius 2 is 1.96 bits per heavy atom. The van der Waals surface area contributed by atoms with Crippen LogP contribution in [0.15, 0.2) is 24.4 Å². The fourth-order valence-corrected chi connectivity index (χ4v) is 2.94. The molecule has 2 rings (SSSR count). The van der Waals surface area contributed by atoms with Gasteiger partial charge in [0.05, 0.1) is 17.8 Å². The first-order chi connectivity index (χ1) is 11.8. The smallest absolute Gasteiger partial charge is 0.342 e. The first-order valence-electron chi connectivity index (χ1n) is 8.97. The molecule has 0 spiro atoms. The SMILES string of the molecule is CCOC(=O)c1c(CCCCC(=O)CC(C)(C)C)nn2ccccc12. The molecular weight excluding hydrogens is 316 g/mol. The van der Waals surface area contributed by atoms with Crippen molar-refractivity contribution in [3.05, 3.63) is 35.7 Å². The number of unbranched alkanes of at least 4 members (excludes halogenated alkanes) is 1. The van der Waals surface area contributed by atoms with Gasteiger partial charge >= 0.3 is 5.97 Å². The molecule has 0 amide bonds. The quantitative estimate of drug-likeness (QED) is 0.531. The van der Waals surface area contributed by atoms with Gasteiger partial charge in [0.25, 0.3) is 0 Å². The molecule has 0 fully saturated rings. The Morgan fingerprint density at radius 1 is 1.20 bits per heavy atom. The number of carbonyl (C=O) groups is 2. The van der Waals surface area contributed by atoms with E-state index in [-0.39, 0.29) is 11.4 Å². The van der Waals surface area contributed by atoms with E-state index in [1.165, 1.54) is 0 Å². The van der Waals surface area contributed by atoms with Crippen LogP contribution in [0.3, 0.4) is 0 Å². The molecule has 2 aromatic rings. The molecule has 2 aromatic heterocycles. The lowest BCUT2D eigenvalue weighted by atomic mass is 9.88. The fraction of sp³-hybridized carbons (Fsp3) is 0.550. The number of aryl methyl sites for hydroxylation is 1. The molecule has 0 aromatic carbocycles. The highest BCUT2D eigenvalue weighted by Gasteiger charge is 2.20. The second-order valence-electron chi connectivity index (χ2n) is 7.56. The molecule has 0 N–H and O–H groups in total. The largest absolute Gasteiger partial charge is 0.462 e. The summed E-state index contributed by atoms with van der Waals surface area (Å²) >= 11 is 0. The van der Waals surface area contributed by atoms with E-state index in [1.807, 2.05) is 24.4 Å². The summed E-state index contributed by atoms with van der Waals surface area (Å²) in [6.45, 7) is 8.36. The van der Waals surface area contributed by atoms with Gasteiger partial charge in [-0.1, -0.05) is 26.8 Å². The number of nitrogens with zero attached hydrogens (tertiary/aromatic N) is 2. The number of pyridine rings is 1. The number of esters is 1. The van der Waals surface area contributed by atoms with Crippen LogP contribution in [-0.4, -0.2) is 28.0 Å². The first kappa shape index (κ1) is 19.2. The predicted octanol–water partition coefficient (Wildman–Crippen LogP) is 4.23. The van der Waals surface area contributed by atoms with Crippen LogP contribution in [0, 0.1) is 5.41 Å². The van der Waals surface area contributed by atoms with E-state index in [2.05, 4.69) is 25.9 Å². The lowest BCUT2D eigenvalue weighted by Gasteiger charge is -2.16. The van der Waals surface area contributed by atoms with Crippen molar-refractivity contribution in [3.8, 4) is 0 Å². The molecule has 0 aliphatic heterocycles. The Bertz CT molecular complexity index is 741. The number of ketones is 1. The maximum Gasteiger partial charge on any atom is 0.342 e. The van der Waals surface area contributed by atoms with Gasteiger partial charge in [-0.25, -0.2) is 9.31 Å². The van der Waals surface area contributed by atoms with Crippen LogP contribution >= 0.6 is 0 Å². The van der Waals surface area contributed by atoms with Gasteiger partial charge in [0.15, 0.2) is 0 Å². The van der Waals surface area contributed by atoms with Crippen LogP contribution in [0.25, 0.3) is 5.52 Å². The monoisotopic (exact) mass is 344 g/mol. The third-order valence-corrected chi connectivity index (χ3v) is 3.94. The maximum atomic E-state index is 12.3. The van der Waals surface area contributed by atoms with Crippen LogP contribution in [0.5, 0.6) is 0 Å². The van der Waals surface area contributed by atoms with Crippen molar-refractivity contribution in [2.45, 2.75) is 59.8 Å². The van der Waals surface area contributed by atoms with Gasteiger partial charge in [-0.2, -0.15) is 5.10 Å². The Hall–Kier alpha value is -2.17. The van der Waals surface area contributed by atoms with Gasteiger partial charge in [0.2, 0.25) is 0 Å². The van der Waals surface area contributed by atoms with Crippen LogP contribution in [-0.2, 0) is 16.0 Å². The lowest BCUT2D eigenvalue weighted by molar-refractivity contribution is -0.120. The third kappa shape index (κ3) is 5.41. The minimum absolute atomic E-state index is 0.0375. The topological polar surface area (TPSA) is 60.7 Å². The van der Waals surface area contributed by atoms with Gasteiger partial charge < -0.3 is 4.74 Å². The van der Waals surface area contributed by atoms with Crippen molar-refractivity contribution >= 4 is 17.3 Å². The van der Waals surface area contributed by atoms with Crippen LogP contribution < -0.4 is 0 Å². The molecule has 5 nitrogen and oxygen atoms in total. The number of ether oxygens (including phenoxy) is 1. The van der Waals surface area contributed by atoms with Crippen molar-refractivity contribution in [2.75, 3.05) is 6.61 Å². The zero-order valence-corrected chi connectivity index (χ0v) is 15.7. The zero-order chi connectivity index (χ0) is 18.4. The fourth-order valence-electron chi connectivity index (χ4n) is 2.94. The van der Waals surface area contributed by atoms with Gasteiger partial charge in [-0.05, 0) is 43.7 Å². The highest BCUT2D eigenvalue weighted by molar-refractivity contribution is 5.98. The van der Waals surface area contributed by atoms with Gasteiger partial charge in [0.1, 0.15) is 11.3 Å². The van der Waals surface area contributed by atoms with Gasteiger partial charge in [-0.15, -0.1) is 0 Å². The molecule has 0 saturated carbocycles. The number of Topliss-reactive ketones (excluding diaryl/α,β-unsaturated/α-hetero) is 1. The minimum Gasteiger partial charge on any atom is -0.462 e. The van der Waals surface area contributed by atoms with Gasteiger partial charge in [-0.3, -0.25) is 4.79 Å². The average Bonchev–Trinajstić information content (AvgIpc) is 2.88. The molecule has 0 radical (unpaired) electrons. The summed E-state index contributed by atoms with van der Waals surface area (Å²) in [5.41, 5.74) is 2.09. The van der Waals surface area contributed by atoms with Crippen LogP contribution in [0.1, 0.15) is 69.4 Å². The number of aromatic nitrogens is 2. The number of rotatable bonds is 8. The van der Waals surface area contributed by atoms with Crippen LogP contribution in [0.4, 0.5) is 0 Å². The van der Waals surface area contributed by atoms with E-state index >= 15 is 0 Å². The maximum absolute atomic E-state index is 12.3. The van der Waals surface area contributed by atoms with E-state index in [0.717, 1.165) is 24.1 Å². The molecule has 136 valence electrons. The molecule has 25 heavy (non-hydrogen) atoms. The lowest BCUT2D eigenvalue weighted by Crippen LogP contribution is -2.12. The second-order valence-corrected chi connectivity index (χ2v) is 7.56. The van der Waals surface area contributed by atoms with E-state index in [4.69, 9.17) is 4.74 Å². The molecule has 2 heterocycles. The number of hydrogen-bond acceptors (Lipinski definition) is 4. The highest BCUT2D eigenvalue weighted by Crippen LogP contribution is 2.22. The molecule has 0 bridgehead atoms. The van der Waals surface area contributed by atoms with Crippen molar-refractivity contribution < 1.29 is 14.3 Å². The summed E-state index contributed by atoms with van der Waals surface area (Å²) in [5.74, 6) is -0.0318. The van der Waals surface area contributed by atoms with E-state index in [0.29, 0.717) is 37.2 Å². The van der Waals surface area contributed by atoms with Crippen molar-refractivity contribution in [1.82, 2.24) is 9.61 Å². The molecule has 0 unspecified atom stereocenters. The highest BCUT2D eigenvalue weighted by atomic mass is 16.5. The summed E-state index contributed by atoms with van der Waals surface area (Å²) in [6.07, 6.45) is 5.32. The van der Waals surface area contributed by atoms with Crippen molar-refractivity contribution in [3.63, 3.8) is 0 Å². The Kier molecular flexibility index (Phi) is 6.34. The zero-order valence-electron chi connectivity index (χ0n) is 15.7. The number of carbonyl (C=O) groups excluding carboxylic acids is 2. The summed E-state index contributed by atoms with van der Waals surface area (Å²) in [7, 11) is 0. The first-order valence-corrected chi connectivity index (χ1v) is 8.97. The van der Waals surface area contributed by atoms with E-state index < -0.39 is 0 Å². The molecular formula is C20H28N2O3. The Morgan fingerprint density at radius 3 is 2.64 bits per heavy atom. The Labute approximate surface area is 149 Å². The van der Waals surface area contributed by atoms with Gasteiger partial charge in [0, 0.05) is 19.0 Å². The summed E-state index contributed by atoms with van der Waals surface area (Å²) < 4.78 is 6.90. The minimum atomic E-state index is -0.331.